The van der Waals surface area contributed by atoms with Crippen LogP contribution in [-0.4, -0.2) is 47.8 Å². The van der Waals surface area contributed by atoms with Crippen LogP contribution in [0.4, 0.5) is 0 Å². The van der Waals surface area contributed by atoms with Gasteiger partial charge in [0.05, 0.1) is 12.1 Å². The van der Waals surface area contributed by atoms with E-state index in [0.29, 0.717) is 24.0 Å². The SMILES string of the molecule is CCC1(CC)CCN(CC(CO)(NC2CC2)C2CC2)C1. The van der Waals surface area contributed by atoms with Gasteiger partial charge in [0.25, 0.3) is 0 Å². The Labute approximate surface area is 124 Å². The summed E-state index contributed by atoms with van der Waals surface area (Å²) in [7, 11) is 0. The van der Waals surface area contributed by atoms with Crippen molar-refractivity contribution in [1.82, 2.24) is 10.2 Å². The van der Waals surface area contributed by atoms with Crippen molar-refractivity contribution in [3.8, 4) is 0 Å². The third kappa shape index (κ3) is 2.90. The Balaban J connectivity index is 1.64. The lowest BCUT2D eigenvalue weighted by atomic mass is 9.82. The third-order valence-electron chi connectivity index (χ3n) is 6.23. The molecule has 0 aromatic rings. The minimum Gasteiger partial charge on any atom is -0.394 e. The molecule has 0 aromatic carbocycles. The van der Waals surface area contributed by atoms with E-state index >= 15 is 0 Å². The lowest BCUT2D eigenvalue weighted by molar-refractivity contribution is 0.0920. The minimum absolute atomic E-state index is 0.00126. The van der Waals surface area contributed by atoms with Gasteiger partial charge in [-0.3, -0.25) is 0 Å². The van der Waals surface area contributed by atoms with Crippen molar-refractivity contribution >= 4 is 0 Å². The van der Waals surface area contributed by atoms with Gasteiger partial charge in [-0.1, -0.05) is 13.8 Å². The second kappa shape index (κ2) is 5.58. The molecule has 3 heteroatoms. The van der Waals surface area contributed by atoms with Gasteiger partial charge in [-0.05, 0) is 62.8 Å². The van der Waals surface area contributed by atoms with Crippen LogP contribution in [0.1, 0.15) is 58.8 Å². The van der Waals surface area contributed by atoms with E-state index in [1.54, 1.807) is 0 Å². The summed E-state index contributed by atoms with van der Waals surface area (Å²) in [5.74, 6) is 0.714. The molecule has 0 amide bonds. The number of aliphatic hydroxyl groups is 1. The normalized spacial score (nSPS) is 29.6. The third-order valence-corrected chi connectivity index (χ3v) is 6.23. The largest absolute Gasteiger partial charge is 0.394 e. The maximum Gasteiger partial charge on any atom is 0.0628 e. The topological polar surface area (TPSA) is 35.5 Å². The molecule has 3 aliphatic rings. The minimum atomic E-state index is -0.00126. The zero-order valence-corrected chi connectivity index (χ0v) is 13.3. The molecule has 2 N–H and O–H groups in total. The number of likely N-dealkylation sites (tertiary alicyclic amines) is 1. The lowest BCUT2D eigenvalue weighted by Gasteiger charge is -2.38. The van der Waals surface area contributed by atoms with Crippen LogP contribution in [0.5, 0.6) is 0 Å². The lowest BCUT2D eigenvalue weighted by Crippen LogP contribution is -2.58. The highest BCUT2D eigenvalue weighted by atomic mass is 16.3. The second-order valence-corrected chi connectivity index (χ2v) is 7.67. The zero-order chi connectivity index (χ0) is 14.2. The van der Waals surface area contributed by atoms with Crippen LogP contribution >= 0.6 is 0 Å². The molecular weight excluding hydrogens is 248 g/mol. The van der Waals surface area contributed by atoms with Crippen LogP contribution < -0.4 is 5.32 Å². The molecule has 1 saturated heterocycles. The summed E-state index contributed by atoms with van der Waals surface area (Å²) in [6.45, 7) is 8.52. The average Bonchev–Trinajstić information content (AvgIpc) is 3.37. The van der Waals surface area contributed by atoms with E-state index in [-0.39, 0.29) is 5.54 Å². The van der Waals surface area contributed by atoms with Gasteiger partial charge in [0, 0.05) is 19.1 Å². The Kier molecular flexibility index (Phi) is 4.13. The molecule has 2 saturated carbocycles. The van der Waals surface area contributed by atoms with E-state index in [2.05, 4.69) is 24.1 Å². The Morgan fingerprint density at radius 2 is 1.90 bits per heavy atom. The molecule has 1 unspecified atom stereocenters. The molecule has 3 nitrogen and oxygen atoms in total. The van der Waals surface area contributed by atoms with Crippen LogP contribution in [0.2, 0.25) is 0 Å². The smallest absolute Gasteiger partial charge is 0.0628 e. The fourth-order valence-electron chi connectivity index (χ4n) is 4.18. The van der Waals surface area contributed by atoms with E-state index in [9.17, 15) is 5.11 Å². The van der Waals surface area contributed by atoms with E-state index in [0.717, 1.165) is 6.54 Å². The Morgan fingerprint density at radius 3 is 2.35 bits per heavy atom. The molecular formula is C17H32N2O. The van der Waals surface area contributed by atoms with Crippen molar-refractivity contribution < 1.29 is 5.11 Å². The Hall–Kier alpha value is -0.120. The number of aliphatic hydroxyl groups excluding tert-OH is 1. The van der Waals surface area contributed by atoms with E-state index in [4.69, 9.17) is 0 Å². The predicted molar refractivity (Wildman–Crippen MR) is 82.8 cm³/mol. The number of nitrogens with zero attached hydrogens (tertiary/aromatic N) is 1. The van der Waals surface area contributed by atoms with Crippen LogP contribution in [0.15, 0.2) is 0 Å². The molecule has 1 heterocycles. The molecule has 116 valence electrons. The van der Waals surface area contributed by atoms with Crippen molar-refractivity contribution in [2.24, 2.45) is 11.3 Å². The van der Waals surface area contributed by atoms with E-state index < -0.39 is 0 Å². The van der Waals surface area contributed by atoms with Gasteiger partial charge >= 0.3 is 0 Å². The molecule has 0 spiro atoms. The quantitative estimate of drug-likeness (QED) is 0.716. The van der Waals surface area contributed by atoms with Gasteiger partial charge in [-0.2, -0.15) is 0 Å². The summed E-state index contributed by atoms with van der Waals surface area (Å²) >= 11 is 0. The molecule has 1 aliphatic heterocycles. The first kappa shape index (κ1) is 14.8. The number of hydrogen-bond donors (Lipinski definition) is 2. The molecule has 0 radical (unpaired) electrons. The summed E-state index contributed by atoms with van der Waals surface area (Å²) in [4.78, 5) is 2.64. The summed E-state index contributed by atoms with van der Waals surface area (Å²) in [5.41, 5.74) is 0.545. The number of rotatable bonds is 8. The Bertz CT molecular complexity index is 334. The molecule has 0 aromatic heterocycles. The maximum atomic E-state index is 10.1. The molecule has 0 bridgehead atoms. The highest BCUT2D eigenvalue weighted by molar-refractivity contribution is 5.07. The monoisotopic (exact) mass is 280 g/mol. The number of nitrogens with one attached hydrogen (secondary N) is 1. The molecule has 3 fully saturated rings. The number of hydrogen-bond acceptors (Lipinski definition) is 3. The molecule has 3 rings (SSSR count). The summed E-state index contributed by atoms with van der Waals surface area (Å²) in [6.07, 6.45) is 9.17. The molecule has 20 heavy (non-hydrogen) atoms. The van der Waals surface area contributed by atoms with E-state index in [1.165, 1.54) is 58.0 Å². The van der Waals surface area contributed by atoms with Crippen LogP contribution in [0, 0.1) is 11.3 Å². The van der Waals surface area contributed by atoms with E-state index in [1.807, 2.05) is 0 Å². The summed E-state index contributed by atoms with van der Waals surface area (Å²) in [6, 6.07) is 0.687. The van der Waals surface area contributed by atoms with Crippen molar-refractivity contribution in [3.63, 3.8) is 0 Å². The van der Waals surface area contributed by atoms with Crippen molar-refractivity contribution in [1.29, 1.82) is 0 Å². The van der Waals surface area contributed by atoms with Gasteiger partial charge < -0.3 is 15.3 Å². The average molecular weight is 280 g/mol. The van der Waals surface area contributed by atoms with Crippen LogP contribution in [-0.2, 0) is 0 Å². The maximum absolute atomic E-state index is 10.1. The first-order valence-electron chi connectivity index (χ1n) is 8.76. The fraction of sp³-hybridized carbons (Fsp3) is 1.00. The van der Waals surface area contributed by atoms with Crippen LogP contribution in [0.3, 0.4) is 0 Å². The van der Waals surface area contributed by atoms with Gasteiger partial charge in [0.15, 0.2) is 0 Å². The fourth-order valence-corrected chi connectivity index (χ4v) is 4.18. The molecule has 2 aliphatic carbocycles. The predicted octanol–water partition coefficient (Wildman–Crippen LogP) is 2.39. The second-order valence-electron chi connectivity index (χ2n) is 7.67. The van der Waals surface area contributed by atoms with Crippen molar-refractivity contribution in [2.45, 2.75) is 70.4 Å². The van der Waals surface area contributed by atoms with Gasteiger partial charge in [0.1, 0.15) is 0 Å². The van der Waals surface area contributed by atoms with Gasteiger partial charge in [-0.25, -0.2) is 0 Å². The summed E-state index contributed by atoms with van der Waals surface area (Å²) in [5, 5.41) is 13.9. The Morgan fingerprint density at radius 1 is 1.20 bits per heavy atom. The highest BCUT2D eigenvalue weighted by Crippen LogP contribution is 2.44. The molecule has 1 atom stereocenters. The van der Waals surface area contributed by atoms with Gasteiger partial charge in [0.2, 0.25) is 0 Å². The standard InChI is InChI=1S/C17H32N2O/c1-3-16(4-2)9-10-19(11-16)12-17(13-20,14-5-6-14)18-15-7-8-15/h14-15,18,20H,3-13H2,1-2H3. The zero-order valence-electron chi connectivity index (χ0n) is 13.3. The van der Waals surface area contributed by atoms with Gasteiger partial charge in [-0.15, -0.1) is 0 Å². The highest BCUT2D eigenvalue weighted by Gasteiger charge is 2.49. The van der Waals surface area contributed by atoms with Crippen molar-refractivity contribution in [3.05, 3.63) is 0 Å². The van der Waals surface area contributed by atoms with Crippen molar-refractivity contribution in [2.75, 3.05) is 26.2 Å². The first-order valence-corrected chi connectivity index (χ1v) is 8.76. The van der Waals surface area contributed by atoms with Crippen LogP contribution in [0.25, 0.3) is 0 Å². The summed E-state index contributed by atoms with van der Waals surface area (Å²) < 4.78 is 0. The first-order chi connectivity index (χ1) is 9.65.